The fourth-order valence-electron chi connectivity index (χ4n) is 1.84. The van der Waals surface area contributed by atoms with Crippen LogP contribution in [0.5, 0.6) is 0 Å². The van der Waals surface area contributed by atoms with Gasteiger partial charge in [0.25, 0.3) is 0 Å². The van der Waals surface area contributed by atoms with Crippen molar-refractivity contribution in [3.8, 4) is 0 Å². The summed E-state index contributed by atoms with van der Waals surface area (Å²) in [5, 5.41) is 2.65. The van der Waals surface area contributed by atoms with Crippen LogP contribution in [-0.2, 0) is 9.59 Å². The van der Waals surface area contributed by atoms with Crippen LogP contribution in [0.1, 0.15) is 17.1 Å². The first-order chi connectivity index (χ1) is 10.9. The second kappa shape index (κ2) is 7.40. The third-order valence-electron chi connectivity index (χ3n) is 3.09. The molecule has 0 aromatic carbocycles. The zero-order valence-electron chi connectivity index (χ0n) is 13.4. The number of nitrogens with zero attached hydrogens (tertiary/aromatic N) is 2. The Hall–Kier alpha value is -2.89. The second-order valence-electron chi connectivity index (χ2n) is 5.25. The minimum Gasteiger partial charge on any atom is -0.462 e. The van der Waals surface area contributed by atoms with Crippen LogP contribution in [0, 0.1) is 13.8 Å². The highest BCUT2D eigenvalue weighted by atomic mass is 16.3. The zero-order chi connectivity index (χ0) is 16.8. The summed E-state index contributed by atoms with van der Waals surface area (Å²) < 4.78 is 5.34. The average Bonchev–Trinajstić information content (AvgIpc) is 2.92. The highest BCUT2D eigenvalue weighted by Gasteiger charge is 2.11. The first-order valence-electron chi connectivity index (χ1n) is 7.16. The molecule has 2 heterocycles. The summed E-state index contributed by atoms with van der Waals surface area (Å²) in [6.07, 6.45) is 4.61. The smallest absolute Gasteiger partial charge is 0.246 e. The molecular formula is C17H19N3O3. The Morgan fingerprint density at radius 1 is 1.26 bits per heavy atom. The lowest BCUT2D eigenvalue weighted by atomic mass is 10.3. The molecule has 0 aliphatic rings. The number of hydrogen-bond acceptors (Lipinski definition) is 4. The van der Waals surface area contributed by atoms with E-state index in [0.29, 0.717) is 11.6 Å². The lowest BCUT2D eigenvalue weighted by Crippen LogP contribution is -2.34. The highest BCUT2D eigenvalue weighted by Crippen LogP contribution is 2.08. The van der Waals surface area contributed by atoms with Crippen molar-refractivity contribution in [2.45, 2.75) is 13.8 Å². The van der Waals surface area contributed by atoms with Crippen LogP contribution in [0.3, 0.4) is 0 Å². The normalized spacial score (nSPS) is 10.7. The van der Waals surface area contributed by atoms with Gasteiger partial charge in [0.15, 0.2) is 0 Å². The molecule has 1 N–H and O–H groups in total. The average molecular weight is 313 g/mol. The summed E-state index contributed by atoms with van der Waals surface area (Å²) >= 11 is 0. The molecule has 6 heteroatoms. The lowest BCUT2D eigenvalue weighted by Gasteiger charge is -2.14. The van der Waals surface area contributed by atoms with Crippen molar-refractivity contribution in [2.75, 3.05) is 18.9 Å². The molecule has 0 aliphatic heterocycles. The third kappa shape index (κ3) is 5.10. The van der Waals surface area contributed by atoms with Crippen LogP contribution in [0.15, 0.2) is 41.0 Å². The molecule has 2 rings (SSSR count). The largest absolute Gasteiger partial charge is 0.462 e. The molecule has 2 amide bonds. The minimum atomic E-state index is -0.306. The van der Waals surface area contributed by atoms with E-state index < -0.39 is 0 Å². The summed E-state index contributed by atoms with van der Waals surface area (Å²) in [5.74, 6) is 1.24. The van der Waals surface area contributed by atoms with Gasteiger partial charge >= 0.3 is 0 Å². The number of likely N-dealkylation sites (N-methyl/N-ethyl adjacent to an activating group) is 1. The standard InChI is InChI=1S/C17H19N3O3/c1-12-4-8-15(18-10-12)19-16(21)11-20(3)17(22)9-7-14-6-5-13(2)23-14/h4-10H,11H2,1-3H3,(H,18,19,21)/b9-7-. The van der Waals surface area contributed by atoms with E-state index in [1.165, 1.54) is 11.0 Å². The van der Waals surface area contributed by atoms with E-state index in [4.69, 9.17) is 4.42 Å². The number of anilines is 1. The number of aromatic nitrogens is 1. The van der Waals surface area contributed by atoms with Gasteiger partial charge in [-0.15, -0.1) is 0 Å². The van der Waals surface area contributed by atoms with Gasteiger partial charge in [-0.25, -0.2) is 4.98 Å². The number of carbonyl (C=O) groups is 2. The van der Waals surface area contributed by atoms with Gasteiger partial charge in [0.05, 0.1) is 6.54 Å². The second-order valence-corrected chi connectivity index (χ2v) is 5.25. The minimum absolute atomic E-state index is 0.0596. The Kier molecular flexibility index (Phi) is 5.30. The van der Waals surface area contributed by atoms with Crippen molar-refractivity contribution in [2.24, 2.45) is 0 Å². The van der Waals surface area contributed by atoms with Gasteiger partial charge in [0.2, 0.25) is 11.8 Å². The Morgan fingerprint density at radius 3 is 2.65 bits per heavy atom. The van der Waals surface area contributed by atoms with Gasteiger partial charge in [-0.2, -0.15) is 0 Å². The maximum atomic E-state index is 12.0. The predicted octanol–water partition coefficient (Wildman–Crippen LogP) is 2.40. The lowest BCUT2D eigenvalue weighted by molar-refractivity contribution is -0.129. The summed E-state index contributed by atoms with van der Waals surface area (Å²) in [7, 11) is 1.56. The molecule has 0 fully saturated rings. The highest BCUT2D eigenvalue weighted by molar-refractivity contribution is 5.97. The van der Waals surface area contributed by atoms with E-state index in [1.54, 1.807) is 31.5 Å². The van der Waals surface area contributed by atoms with Crippen LogP contribution in [0.2, 0.25) is 0 Å². The van der Waals surface area contributed by atoms with Crippen LogP contribution >= 0.6 is 0 Å². The Morgan fingerprint density at radius 2 is 2.04 bits per heavy atom. The number of rotatable bonds is 5. The Labute approximate surface area is 134 Å². The molecule has 120 valence electrons. The molecule has 0 spiro atoms. The van der Waals surface area contributed by atoms with Gasteiger partial charge < -0.3 is 14.6 Å². The molecular weight excluding hydrogens is 294 g/mol. The number of pyridine rings is 1. The number of nitrogens with one attached hydrogen (secondary N) is 1. The van der Waals surface area contributed by atoms with E-state index in [1.807, 2.05) is 26.0 Å². The van der Waals surface area contributed by atoms with Crippen LogP contribution in [0.4, 0.5) is 5.82 Å². The number of amides is 2. The molecule has 2 aromatic rings. The van der Waals surface area contributed by atoms with E-state index >= 15 is 0 Å². The SMILES string of the molecule is Cc1ccc(NC(=O)CN(C)C(=O)/C=C\c2ccc(C)o2)nc1. The van der Waals surface area contributed by atoms with Gasteiger partial charge in [-0.3, -0.25) is 9.59 Å². The summed E-state index contributed by atoms with van der Waals surface area (Å²) in [6.45, 7) is 3.68. The molecule has 23 heavy (non-hydrogen) atoms. The fraction of sp³-hybridized carbons (Fsp3) is 0.235. The molecule has 0 radical (unpaired) electrons. The molecule has 0 saturated heterocycles. The molecule has 2 aromatic heterocycles. The van der Waals surface area contributed by atoms with E-state index in [2.05, 4.69) is 10.3 Å². The monoisotopic (exact) mass is 313 g/mol. The number of carbonyl (C=O) groups excluding carboxylic acids is 2. The maximum Gasteiger partial charge on any atom is 0.246 e. The molecule has 0 aliphatic carbocycles. The van der Waals surface area contributed by atoms with Crippen molar-refractivity contribution in [3.05, 3.63) is 53.6 Å². The topological polar surface area (TPSA) is 75.4 Å². The summed E-state index contributed by atoms with van der Waals surface area (Å²) in [6, 6.07) is 7.16. The number of hydrogen-bond donors (Lipinski definition) is 1. The molecule has 0 atom stereocenters. The van der Waals surface area contributed by atoms with Gasteiger partial charge in [-0.05, 0) is 43.7 Å². The van der Waals surface area contributed by atoms with Gasteiger partial charge in [0, 0.05) is 19.3 Å². The van der Waals surface area contributed by atoms with Crippen LogP contribution in [-0.4, -0.2) is 35.3 Å². The molecule has 6 nitrogen and oxygen atoms in total. The first-order valence-corrected chi connectivity index (χ1v) is 7.16. The van der Waals surface area contributed by atoms with Crippen molar-refractivity contribution in [3.63, 3.8) is 0 Å². The maximum absolute atomic E-state index is 12.0. The Balaban J connectivity index is 1.86. The van der Waals surface area contributed by atoms with Crippen LogP contribution < -0.4 is 5.32 Å². The van der Waals surface area contributed by atoms with Gasteiger partial charge in [-0.1, -0.05) is 6.07 Å². The molecule has 0 bridgehead atoms. The Bertz CT molecular complexity index is 717. The van der Waals surface area contributed by atoms with Crippen molar-refractivity contribution in [1.29, 1.82) is 0 Å². The fourth-order valence-corrected chi connectivity index (χ4v) is 1.84. The third-order valence-corrected chi connectivity index (χ3v) is 3.09. The number of aryl methyl sites for hydroxylation is 2. The van der Waals surface area contributed by atoms with Crippen molar-refractivity contribution >= 4 is 23.7 Å². The van der Waals surface area contributed by atoms with Gasteiger partial charge in [0.1, 0.15) is 17.3 Å². The van der Waals surface area contributed by atoms with Crippen molar-refractivity contribution in [1.82, 2.24) is 9.88 Å². The molecule has 0 unspecified atom stereocenters. The molecule has 0 saturated carbocycles. The first kappa shape index (κ1) is 16.5. The van der Waals surface area contributed by atoms with E-state index in [-0.39, 0.29) is 18.4 Å². The number of furan rings is 1. The quantitative estimate of drug-likeness (QED) is 0.860. The van der Waals surface area contributed by atoms with Crippen molar-refractivity contribution < 1.29 is 14.0 Å². The zero-order valence-corrected chi connectivity index (χ0v) is 13.4. The summed E-state index contributed by atoms with van der Waals surface area (Å²) in [5.41, 5.74) is 1.01. The van der Waals surface area contributed by atoms with E-state index in [0.717, 1.165) is 11.3 Å². The van der Waals surface area contributed by atoms with Crippen LogP contribution in [0.25, 0.3) is 6.08 Å². The predicted molar refractivity (Wildman–Crippen MR) is 87.7 cm³/mol. The summed E-state index contributed by atoms with van der Waals surface area (Å²) in [4.78, 5) is 29.3. The van der Waals surface area contributed by atoms with E-state index in [9.17, 15) is 9.59 Å².